The highest BCUT2D eigenvalue weighted by Gasteiger charge is 2.08. The van der Waals surface area contributed by atoms with Gasteiger partial charge in [0.1, 0.15) is 28.9 Å². The molecule has 0 bridgehead atoms. The van der Waals surface area contributed by atoms with Gasteiger partial charge in [0.2, 0.25) is 11.8 Å². The van der Waals surface area contributed by atoms with Crippen LogP contribution in [0.3, 0.4) is 0 Å². The predicted molar refractivity (Wildman–Crippen MR) is 244 cm³/mol. The van der Waals surface area contributed by atoms with Gasteiger partial charge in [-0.1, -0.05) is 60.7 Å². The highest BCUT2D eigenvalue weighted by atomic mass is 35.5. The van der Waals surface area contributed by atoms with E-state index in [9.17, 15) is 9.59 Å². The molecule has 61 heavy (non-hydrogen) atoms. The van der Waals surface area contributed by atoms with E-state index in [1.807, 2.05) is 144 Å². The third-order valence-corrected chi connectivity index (χ3v) is 9.96. The zero-order valence-corrected chi connectivity index (χ0v) is 35.1. The van der Waals surface area contributed by atoms with Crippen LogP contribution >= 0.6 is 34.3 Å². The summed E-state index contributed by atoms with van der Waals surface area (Å²) < 4.78 is 11.4. The smallest absolute Gasteiger partial charge is 0.239 e. The van der Waals surface area contributed by atoms with E-state index in [0.717, 1.165) is 56.6 Å². The lowest BCUT2D eigenvalue weighted by Crippen LogP contribution is -2.29. The van der Waals surface area contributed by atoms with E-state index in [1.165, 1.54) is 22.7 Å². The molecule has 15 heteroatoms. The molecule has 2 amide bonds. The van der Waals surface area contributed by atoms with E-state index in [1.54, 1.807) is 24.8 Å². The first-order valence-electron chi connectivity index (χ1n) is 18.8. The summed E-state index contributed by atoms with van der Waals surface area (Å²) in [6, 6.07) is 42.1. The summed E-state index contributed by atoms with van der Waals surface area (Å²) in [5.41, 5.74) is 11.2. The second-order valence-electron chi connectivity index (χ2n) is 12.8. The maximum absolute atomic E-state index is 12.1. The topological polar surface area (TPSA) is 166 Å². The predicted octanol–water partition coefficient (Wildman–Crippen LogP) is 9.85. The molecular weight excluding hydrogens is 828 g/mol. The first-order valence-corrected chi connectivity index (χ1v) is 21.1. The monoisotopic (exact) mass is 868 g/mol. The molecule has 0 aliphatic heterocycles. The number of amides is 2. The van der Waals surface area contributed by atoms with Crippen LogP contribution in [-0.4, -0.2) is 44.2 Å². The highest BCUT2D eigenvalue weighted by Crippen LogP contribution is 2.25. The summed E-state index contributed by atoms with van der Waals surface area (Å²) in [6.45, 7) is 1.08. The fraction of sp³-hybridized carbons (Fsp3) is 0.0870. The van der Waals surface area contributed by atoms with Gasteiger partial charge in [-0.3, -0.25) is 19.6 Å². The Morgan fingerprint density at radius 3 is 1.51 bits per heavy atom. The van der Waals surface area contributed by atoms with Gasteiger partial charge in [0, 0.05) is 59.8 Å². The molecule has 0 aliphatic rings. The summed E-state index contributed by atoms with van der Waals surface area (Å²) >= 11 is 8.30. The number of aromatic nitrogens is 4. The van der Waals surface area contributed by atoms with Gasteiger partial charge in [-0.2, -0.15) is 0 Å². The molecular formula is C46H41ClN8O4S2. The molecule has 0 saturated heterocycles. The van der Waals surface area contributed by atoms with Crippen molar-refractivity contribution in [3.8, 4) is 45.5 Å². The number of pyridine rings is 2. The molecule has 4 aromatic carbocycles. The number of nitrogens with zero attached hydrogens (tertiary/aromatic N) is 4. The molecule has 0 spiro atoms. The number of thiazole rings is 2. The Kier molecular flexibility index (Phi) is 16.7. The number of rotatable bonds is 14. The number of benzene rings is 4. The zero-order chi connectivity index (χ0) is 42.5. The van der Waals surface area contributed by atoms with E-state index in [0.29, 0.717) is 23.4 Å². The molecule has 4 aromatic heterocycles. The van der Waals surface area contributed by atoms with Gasteiger partial charge in [-0.15, -0.1) is 34.3 Å². The van der Waals surface area contributed by atoms with Crippen molar-refractivity contribution in [3.05, 3.63) is 180 Å². The summed E-state index contributed by atoms with van der Waals surface area (Å²) in [6.07, 6.45) is 7.00. The number of ether oxygens (including phenoxy) is 2. The molecule has 8 rings (SSSR count). The van der Waals surface area contributed by atoms with Gasteiger partial charge in [0.05, 0.1) is 17.9 Å². The van der Waals surface area contributed by atoms with Gasteiger partial charge in [0.15, 0.2) is 10.3 Å². The number of para-hydroxylation sites is 2. The molecule has 4 heterocycles. The van der Waals surface area contributed by atoms with Crippen LogP contribution in [0, 0.1) is 0 Å². The first kappa shape index (κ1) is 43.4. The van der Waals surface area contributed by atoms with Crippen molar-refractivity contribution in [2.24, 2.45) is 0 Å². The molecule has 0 fully saturated rings. The Labute approximate surface area is 366 Å². The van der Waals surface area contributed by atoms with Crippen LogP contribution in [0.1, 0.15) is 11.1 Å². The minimum atomic E-state index is -0.175. The number of hydrogen-bond donors (Lipinski definition) is 4. The van der Waals surface area contributed by atoms with Crippen molar-refractivity contribution in [2.75, 3.05) is 23.5 Å². The molecule has 0 saturated carbocycles. The lowest BCUT2D eigenvalue weighted by Gasteiger charge is -2.08. The second-order valence-corrected chi connectivity index (χ2v) is 14.8. The number of alkyl halides is 1. The summed E-state index contributed by atoms with van der Waals surface area (Å²) in [5.74, 6) is 2.81. The third-order valence-electron chi connectivity index (χ3n) is 8.25. The average Bonchev–Trinajstić information content (AvgIpc) is 3.99. The normalized spacial score (nSPS) is 10.2. The van der Waals surface area contributed by atoms with Crippen LogP contribution in [0.25, 0.3) is 22.5 Å². The molecule has 5 N–H and O–H groups in total. The maximum atomic E-state index is 12.1. The Morgan fingerprint density at radius 1 is 0.574 bits per heavy atom. The zero-order valence-electron chi connectivity index (χ0n) is 32.7. The second kappa shape index (κ2) is 23.5. The van der Waals surface area contributed by atoms with E-state index >= 15 is 0 Å². The SMILES string of the molecule is Nc1nc(-c2cccnc2)cs1.O=C(CCl)NCc1ccc(Oc2ccccc2)cc1.O=C(CNc1nc(-c2cccnc2)cs1)NCc1ccc(Oc2ccccc2)cc1. The van der Waals surface area contributed by atoms with E-state index in [-0.39, 0.29) is 24.2 Å². The molecule has 12 nitrogen and oxygen atoms in total. The van der Waals surface area contributed by atoms with Gasteiger partial charge in [-0.25, -0.2) is 9.97 Å². The van der Waals surface area contributed by atoms with E-state index in [2.05, 4.69) is 35.9 Å². The number of nitrogens with two attached hydrogens (primary N) is 1. The lowest BCUT2D eigenvalue weighted by molar-refractivity contribution is -0.120. The molecule has 0 unspecified atom stereocenters. The lowest BCUT2D eigenvalue weighted by atomic mass is 10.2. The quantitative estimate of drug-likeness (QED) is 0.0773. The molecule has 0 atom stereocenters. The van der Waals surface area contributed by atoms with Gasteiger partial charge >= 0.3 is 0 Å². The van der Waals surface area contributed by atoms with Crippen molar-refractivity contribution in [1.29, 1.82) is 0 Å². The average molecular weight is 869 g/mol. The molecule has 0 aliphatic carbocycles. The standard InChI is InChI=1S/C23H20N4O2S.C15H14ClNO2.C8H7N3S/c28-22(15-26-23-27-21(16-30-23)18-5-4-12-24-14-18)25-13-17-8-10-20(11-9-17)29-19-6-2-1-3-7-19;16-10-15(18)17-11-12-6-8-14(9-7-12)19-13-4-2-1-3-5-13;9-8-11-7(5-12-8)6-2-1-3-10-4-6/h1-12,14,16H,13,15H2,(H,25,28)(H,26,27);1-9H,10-11H2,(H,17,18);1-5H,(H2,9,11). The number of carbonyl (C=O) groups is 2. The Hall–Kier alpha value is -7.13. The van der Waals surface area contributed by atoms with Crippen molar-refractivity contribution < 1.29 is 19.1 Å². The third kappa shape index (κ3) is 14.9. The van der Waals surface area contributed by atoms with E-state index in [4.69, 9.17) is 26.8 Å². The van der Waals surface area contributed by atoms with Crippen LogP contribution in [0.5, 0.6) is 23.0 Å². The number of halogens is 1. The summed E-state index contributed by atoms with van der Waals surface area (Å²) in [7, 11) is 0. The van der Waals surface area contributed by atoms with Crippen LogP contribution < -0.4 is 31.2 Å². The fourth-order valence-electron chi connectivity index (χ4n) is 5.20. The Bertz CT molecular complexity index is 2510. The molecule has 308 valence electrons. The minimum Gasteiger partial charge on any atom is -0.457 e. The van der Waals surface area contributed by atoms with Crippen LogP contribution in [-0.2, 0) is 22.7 Å². The van der Waals surface area contributed by atoms with Gasteiger partial charge < -0.3 is 31.2 Å². The molecule has 8 aromatic rings. The van der Waals surface area contributed by atoms with E-state index < -0.39 is 0 Å². The van der Waals surface area contributed by atoms with Crippen LogP contribution in [0.4, 0.5) is 10.3 Å². The number of carbonyl (C=O) groups excluding carboxylic acids is 2. The number of hydrogen-bond acceptors (Lipinski definition) is 12. The largest absolute Gasteiger partial charge is 0.457 e. The van der Waals surface area contributed by atoms with Crippen LogP contribution in [0.2, 0.25) is 0 Å². The first-order chi connectivity index (χ1) is 29.9. The summed E-state index contributed by atoms with van der Waals surface area (Å²) in [4.78, 5) is 39.9. The van der Waals surface area contributed by atoms with Crippen molar-refractivity contribution in [3.63, 3.8) is 0 Å². The maximum Gasteiger partial charge on any atom is 0.239 e. The molecule has 0 radical (unpaired) electrons. The Morgan fingerprint density at radius 2 is 1.05 bits per heavy atom. The number of anilines is 2. The highest BCUT2D eigenvalue weighted by molar-refractivity contribution is 7.14. The van der Waals surface area contributed by atoms with Crippen LogP contribution in [0.15, 0.2) is 169 Å². The Balaban J connectivity index is 0.000000170. The fourth-order valence-corrected chi connectivity index (χ4v) is 6.59. The van der Waals surface area contributed by atoms with Gasteiger partial charge in [-0.05, 0) is 83.9 Å². The number of nitrogens with one attached hydrogen (secondary N) is 3. The van der Waals surface area contributed by atoms with Crippen molar-refractivity contribution >= 4 is 56.4 Å². The minimum absolute atomic E-state index is 0.0186. The van der Waals surface area contributed by atoms with Crippen molar-refractivity contribution in [1.82, 2.24) is 30.6 Å². The van der Waals surface area contributed by atoms with Gasteiger partial charge in [0.25, 0.3) is 0 Å². The van der Waals surface area contributed by atoms with Crippen molar-refractivity contribution in [2.45, 2.75) is 13.1 Å². The number of nitrogen functional groups attached to an aromatic ring is 1. The summed E-state index contributed by atoms with van der Waals surface area (Å²) in [5, 5.41) is 13.8.